The van der Waals surface area contributed by atoms with Crippen LogP contribution in [0, 0.1) is 5.92 Å². The van der Waals surface area contributed by atoms with Gasteiger partial charge in [0.05, 0.1) is 35.6 Å². The molecule has 0 aliphatic carbocycles. The smallest absolute Gasteiger partial charge is 0.261 e. The number of nitrogens with two attached hydrogens (primary N) is 1. The van der Waals surface area contributed by atoms with E-state index in [4.69, 9.17) is 27.1 Å². The Morgan fingerprint density at radius 2 is 1.97 bits per heavy atom. The monoisotopic (exact) mass is 480 g/mol. The Kier molecular flexibility index (Phi) is 6.20. The minimum atomic E-state index is -0.234. The van der Waals surface area contributed by atoms with Gasteiger partial charge < -0.3 is 30.7 Å². The van der Waals surface area contributed by atoms with Crippen molar-refractivity contribution in [2.45, 2.75) is 19.9 Å². The van der Waals surface area contributed by atoms with E-state index in [1.54, 1.807) is 6.07 Å². The highest BCUT2D eigenvalue weighted by Crippen LogP contribution is 2.34. The van der Waals surface area contributed by atoms with Gasteiger partial charge in [0.1, 0.15) is 16.9 Å². The maximum absolute atomic E-state index is 13.3. The Labute approximate surface area is 202 Å². The molecule has 0 spiro atoms. The van der Waals surface area contributed by atoms with E-state index in [-0.39, 0.29) is 17.5 Å². The molecule has 1 fully saturated rings. The average molecular weight is 481 g/mol. The number of H-pyrrole nitrogens is 2. The number of morpholine rings is 1. The third-order valence-corrected chi connectivity index (χ3v) is 6.66. The lowest BCUT2D eigenvalue weighted by molar-refractivity contribution is 0.123. The van der Waals surface area contributed by atoms with Crippen molar-refractivity contribution in [2.24, 2.45) is 11.7 Å². The molecule has 2 aromatic carbocycles. The molecular weight excluding hydrogens is 452 g/mol. The van der Waals surface area contributed by atoms with Crippen LogP contribution in [0.25, 0.3) is 33.3 Å². The molecule has 4 aromatic rings. The van der Waals surface area contributed by atoms with Gasteiger partial charge in [0, 0.05) is 36.1 Å². The van der Waals surface area contributed by atoms with Crippen LogP contribution >= 0.6 is 11.6 Å². The minimum Gasteiger partial charge on any atom is -0.382 e. The van der Waals surface area contributed by atoms with Crippen LogP contribution in [0.3, 0.4) is 0 Å². The summed E-state index contributed by atoms with van der Waals surface area (Å²) in [5.74, 6) is 0.787. The molecule has 0 amide bonds. The van der Waals surface area contributed by atoms with E-state index < -0.39 is 0 Å². The van der Waals surface area contributed by atoms with Crippen LogP contribution in [-0.2, 0) is 4.74 Å². The number of pyridine rings is 1. The second-order valence-electron chi connectivity index (χ2n) is 9.04. The van der Waals surface area contributed by atoms with E-state index in [0.29, 0.717) is 47.4 Å². The van der Waals surface area contributed by atoms with Crippen LogP contribution < -0.4 is 21.5 Å². The topological polar surface area (TPSA) is 112 Å². The van der Waals surface area contributed by atoms with E-state index >= 15 is 0 Å². The van der Waals surface area contributed by atoms with Crippen molar-refractivity contribution in [3.8, 4) is 11.4 Å². The zero-order valence-corrected chi connectivity index (χ0v) is 20.1. The number of anilines is 2. The summed E-state index contributed by atoms with van der Waals surface area (Å²) in [5.41, 5.74) is 10.6. The minimum absolute atomic E-state index is 0.0787. The number of para-hydroxylation sites is 1. The number of fused-ring (bicyclic) bond motifs is 2. The summed E-state index contributed by atoms with van der Waals surface area (Å²) in [5, 5.41) is 4.83. The number of benzene rings is 2. The van der Waals surface area contributed by atoms with Crippen LogP contribution in [0.5, 0.6) is 0 Å². The molecule has 0 saturated carbocycles. The summed E-state index contributed by atoms with van der Waals surface area (Å²) in [4.78, 5) is 26.9. The summed E-state index contributed by atoms with van der Waals surface area (Å²) < 4.78 is 5.51. The van der Waals surface area contributed by atoms with Gasteiger partial charge >= 0.3 is 0 Å². The first-order valence-corrected chi connectivity index (χ1v) is 12.0. The van der Waals surface area contributed by atoms with Crippen molar-refractivity contribution in [3.05, 3.63) is 51.8 Å². The highest BCUT2D eigenvalue weighted by Gasteiger charge is 2.22. The molecule has 1 aliphatic rings. The Balaban J connectivity index is 1.67. The Morgan fingerprint density at radius 3 is 2.74 bits per heavy atom. The molecule has 1 aliphatic heterocycles. The lowest BCUT2D eigenvalue weighted by Gasteiger charge is -2.28. The number of rotatable bonds is 6. The molecule has 1 atom stereocenters. The Bertz CT molecular complexity index is 1390. The fraction of sp³-hybridized carbons (Fsp3) is 0.360. The standard InChI is InChI=1S/C25H29ClN6O2/c1-14(2)17(27)13-28-22-16-12-15(26)6-7-18(16)30-25(33)21(22)24-29-19-4-3-5-20(23(19)31-24)32-8-10-34-11-9-32/h3-7,12,14,17H,8-11,13,27H2,1-2H3,(H,29,31)(H2,28,30,33)/t17-/m1/s1. The molecule has 2 aromatic heterocycles. The number of hydrogen-bond acceptors (Lipinski definition) is 6. The third kappa shape index (κ3) is 4.24. The molecule has 0 radical (unpaired) electrons. The second-order valence-corrected chi connectivity index (χ2v) is 9.48. The molecule has 178 valence electrons. The van der Waals surface area contributed by atoms with E-state index in [1.165, 1.54) is 0 Å². The Morgan fingerprint density at radius 1 is 1.18 bits per heavy atom. The summed E-state index contributed by atoms with van der Waals surface area (Å²) in [6.07, 6.45) is 0. The number of aromatic amines is 2. The molecule has 3 heterocycles. The zero-order chi connectivity index (χ0) is 23.8. The van der Waals surface area contributed by atoms with Crippen LogP contribution in [0.15, 0.2) is 41.2 Å². The maximum Gasteiger partial charge on any atom is 0.261 e. The number of nitrogens with zero attached hydrogens (tertiary/aromatic N) is 2. The SMILES string of the molecule is CC(C)[C@H](N)CNc1c(-c2nc3c(N4CCOCC4)cccc3[nH]2)c(=O)[nH]c2ccc(Cl)cc12. The molecule has 5 N–H and O–H groups in total. The van der Waals surface area contributed by atoms with Gasteiger partial charge in [-0.25, -0.2) is 4.98 Å². The van der Waals surface area contributed by atoms with E-state index in [1.807, 2.05) is 24.3 Å². The van der Waals surface area contributed by atoms with Crippen molar-refractivity contribution in [3.63, 3.8) is 0 Å². The number of aromatic nitrogens is 3. The lowest BCUT2D eigenvalue weighted by atomic mass is 10.0. The number of hydrogen-bond donors (Lipinski definition) is 4. The maximum atomic E-state index is 13.3. The first-order valence-electron chi connectivity index (χ1n) is 11.6. The number of halogens is 1. The second kappa shape index (κ2) is 9.29. The van der Waals surface area contributed by atoms with E-state index in [2.05, 4.69) is 40.1 Å². The predicted octanol–water partition coefficient (Wildman–Crippen LogP) is 3.96. The number of ether oxygens (including phenoxy) is 1. The fourth-order valence-corrected chi connectivity index (χ4v) is 4.50. The predicted molar refractivity (Wildman–Crippen MR) is 139 cm³/mol. The molecule has 9 heteroatoms. The number of nitrogens with one attached hydrogen (secondary N) is 3. The van der Waals surface area contributed by atoms with Crippen LogP contribution in [0.2, 0.25) is 5.02 Å². The van der Waals surface area contributed by atoms with Gasteiger partial charge in [-0.3, -0.25) is 4.79 Å². The van der Waals surface area contributed by atoms with Crippen molar-refractivity contribution >= 4 is 44.9 Å². The van der Waals surface area contributed by atoms with Gasteiger partial charge in [-0.2, -0.15) is 0 Å². The van der Waals surface area contributed by atoms with Crippen molar-refractivity contribution < 1.29 is 4.74 Å². The zero-order valence-electron chi connectivity index (χ0n) is 19.3. The molecule has 0 unspecified atom stereocenters. The van der Waals surface area contributed by atoms with Gasteiger partial charge in [0.25, 0.3) is 5.56 Å². The Hall–Kier alpha value is -3.07. The fourth-order valence-electron chi connectivity index (χ4n) is 4.33. The largest absolute Gasteiger partial charge is 0.382 e. The first kappa shape index (κ1) is 22.7. The summed E-state index contributed by atoms with van der Waals surface area (Å²) >= 11 is 6.33. The van der Waals surface area contributed by atoms with Crippen LogP contribution in [0.4, 0.5) is 11.4 Å². The van der Waals surface area contributed by atoms with Crippen LogP contribution in [0.1, 0.15) is 13.8 Å². The van der Waals surface area contributed by atoms with E-state index in [0.717, 1.165) is 35.2 Å². The van der Waals surface area contributed by atoms with Gasteiger partial charge in [0.15, 0.2) is 0 Å². The van der Waals surface area contributed by atoms with Crippen molar-refractivity contribution in [1.82, 2.24) is 15.0 Å². The third-order valence-electron chi connectivity index (χ3n) is 6.43. The summed E-state index contributed by atoms with van der Waals surface area (Å²) in [6, 6.07) is 11.4. The quantitative estimate of drug-likeness (QED) is 0.332. The van der Waals surface area contributed by atoms with Gasteiger partial charge in [-0.05, 0) is 36.2 Å². The number of imidazole rings is 1. The molecule has 1 saturated heterocycles. The van der Waals surface area contributed by atoms with Crippen molar-refractivity contribution in [2.75, 3.05) is 43.1 Å². The van der Waals surface area contributed by atoms with E-state index in [9.17, 15) is 4.79 Å². The highest BCUT2D eigenvalue weighted by atomic mass is 35.5. The molecule has 34 heavy (non-hydrogen) atoms. The van der Waals surface area contributed by atoms with Crippen LogP contribution in [-0.4, -0.2) is 53.8 Å². The van der Waals surface area contributed by atoms with Gasteiger partial charge in [0.2, 0.25) is 0 Å². The molecule has 5 rings (SSSR count). The molecule has 0 bridgehead atoms. The average Bonchev–Trinajstić information content (AvgIpc) is 3.26. The molecule has 8 nitrogen and oxygen atoms in total. The molecular formula is C25H29ClN6O2. The summed E-state index contributed by atoms with van der Waals surface area (Å²) in [7, 11) is 0. The van der Waals surface area contributed by atoms with Crippen molar-refractivity contribution in [1.29, 1.82) is 0 Å². The summed E-state index contributed by atoms with van der Waals surface area (Å²) in [6.45, 7) is 7.63. The van der Waals surface area contributed by atoms with Gasteiger partial charge in [-0.1, -0.05) is 31.5 Å². The normalized spacial score (nSPS) is 15.4. The van der Waals surface area contributed by atoms with Gasteiger partial charge in [-0.15, -0.1) is 0 Å². The lowest BCUT2D eigenvalue weighted by Crippen LogP contribution is -2.36. The highest BCUT2D eigenvalue weighted by molar-refractivity contribution is 6.31. The first-order chi connectivity index (χ1) is 16.4.